The number of hydrogen-bond donors (Lipinski definition) is 1. The number of nitrogens with zero attached hydrogens (tertiary/aromatic N) is 2. The van der Waals surface area contributed by atoms with Crippen molar-refractivity contribution in [2.24, 2.45) is 0 Å². The Balaban J connectivity index is 2.47. The van der Waals surface area contributed by atoms with Gasteiger partial charge in [-0.05, 0) is 26.7 Å². The molecular formula is C13H18N2O4. The minimum Gasteiger partial charge on any atom is -0.481 e. The Labute approximate surface area is 111 Å². The number of ether oxygens (including phenoxy) is 1. The minimum absolute atomic E-state index is 0.0573. The summed E-state index contributed by atoms with van der Waals surface area (Å²) in [5.41, 5.74) is 1.56. The molecule has 104 valence electrons. The number of aryl methyl sites for hydroxylation is 1. The molecule has 0 unspecified atom stereocenters. The molecule has 0 aromatic carbocycles. The number of aromatic nitrogens is 2. The topological polar surface area (TPSA) is 81.4 Å². The molecule has 0 aliphatic carbocycles. The molecule has 1 aromatic heterocycles. The van der Waals surface area contributed by atoms with Gasteiger partial charge in [-0.3, -0.25) is 9.36 Å². The van der Waals surface area contributed by atoms with Gasteiger partial charge in [-0.25, -0.2) is 4.79 Å². The van der Waals surface area contributed by atoms with Crippen LogP contribution in [0.15, 0.2) is 4.79 Å². The molecule has 2 heterocycles. The molecule has 0 bridgehead atoms. The Hall–Kier alpha value is -1.69. The Morgan fingerprint density at radius 2 is 2.05 bits per heavy atom. The molecule has 1 fully saturated rings. The molecular weight excluding hydrogens is 248 g/mol. The van der Waals surface area contributed by atoms with Crippen molar-refractivity contribution in [1.29, 1.82) is 0 Å². The van der Waals surface area contributed by atoms with E-state index in [0.29, 0.717) is 30.2 Å². The normalized spacial score (nSPS) is 16.5. The van der Waals surface area contributed by atoms with Crippen LogP contribution in [0.4, 0.5) is 0 Å². The zero-order valence-corrected chi connectivity index (χ0v) is 11.2. The van der Waals surface area contributed by atoms with Gasteiger partial charge in [0.05, 0.1) is 6.42 Å². The summed E-state index contributed by atoms with van der Waals surface area (Å²) in [6, 6.07) is 0.0573. The number of carbonyl (C=O) groups is 1. The second-order valence-corrected chi connectivity index (χ2v) is 4.83. The molecule has 1 aliphatic heterocycles. The van der Waals surface area contributed by atoms with E-state index in [1.807, 2.05) is 0 Å². The van der Waals surface area contributed by atoms with E-state index >= 15 is 0 Å². The fraction of sp³-hybridized carbons (Fsp3) is 0.615. The van der Waals surface area contributed by atoms with E-state index < -0.39 is 5.97 Å². The third-order valence-electron chi connectivity index (χ3n) is 3.59. The fourth-order valence-electron chi connectivity index (χ4n) is 2.60. The Morgan fingerprint density at radius 1 is 1.42 bits per heavy atom. The van der Waals surface area contributed by atoms with Crippen LogP contribution in [0.2, 0.25) is 0 Å². The van der Waals surface area contributed by atoms with Crippen LogP contribution in [0, 0.1) is 13.8 Å². The summed E-state index contributed by atoms with van der Waals surface area (Å²) >= 11 is 0. The molecule has 19 heavy (non-hydrogen) atoms. The van der Waals surface area contributed by atoms with Crippen LogP contribution < -0.4 is 5.69 Å². The summed E-state index contributed by atoms with van der Waals surface area (Å²) in [5, 5.41) is 8.95. The number of aliphatic carboxylic acids is 1. The zero-order chi connectivity index (χ0) is 14.0. The smallest absolute Gasteiger partial charge is 0.348 e. The standard InChI is InChI=1S/C13H18N2O4/c1-8-11(7-12(16)17)9(2)15(13(18)14-8)10-3-5-19-6-4-10/h10H,3-7H2,1-2H3,(H,16,17). The average Bonchev–Trinajstić information content (AvgIpc) is 2.35. The van der Waals surface area contributed by atoms with Crippen LogP contribution in [0.25, 0.3) is 0 Å². The first-order valence-electron chi connectivity index (χ1n) is 6.39. The lowest BCUT2D eigenvalue weighted by molar-refractivity contribution is -0.136. The van der Waals surface area contributed by atoms with E-state index in [0.717, 1.165) is 12.8 Å². The van der Waals surface area contributed by atoms with Crippen molar-refractivity contribution in [2.75, 3.05) is 13.2 Å². The Bertz CT molecular complexity index is 544. The maximum absolute atomic E-state index is 12.1. The lowest BCUT2D eigenvalue weighted by atomic mass is 10.0. The molecule has 6 heteroatoms. The monoisotopic (exact) mass is 266 g/mol. The number of hydrogen-bond acceptors (Lipinski definition) is 4. The van der Waals surface area contributed by atoms with Crippen molar-refractivity contribution in [3.63, 3.8) is 0 Å². The van der Waals surface area contributed by atoms with Gasteiger partial charge in [-0.2, -0.15) is 4.98 Å². The second kappa shape index (κ2) is 5.52. The first kappa shape index (κ1) is 13.7. The highest BCUT2D eigenvalue weighted by Gasteiger charge is 2.22. The number of carboxylic acids is 1. The van der Waals surface area contributed by atoms with Gasteiger partial charge in [-0.1, -0.05) is 0 Å². The van der Waals surface area contributed by atoms with Crippen molar-refractivity contribution >= 4 is 5.97 Å². The summed E-state index contributed by atoms with van der Waals surface area (Å²) in [7, 11) is 0. The highest BCUT2D eigenvalue weighted by Crippen LogP contribution is 2.22. The van der Waals surface area contributed by atoms with Crippen LogP contribution in [0.3, 0.4) is 0 Å². The van der Waals surface area contributed by atoms with Crippen LogP contribution in [-0.2, 0) is 16.0 Å². The minimum atomic E-state index is -0.912. The molecule has 0 radical (unpaired) electrons. The number of rotatable bonds is 3. The molecule has 0 saturated carbocycles. The molecule has 0 spiro atoms. The third kappa shape index (κ3) is 2.84. The maximum atomic E-state index is 12.1. The predicted octanol–water partition coefficient (Wildman–Crippen LogP) is 0.839. The van der Waals surface area contributed by atoms with Crippen molar-refractivity contribution < 1.29 is 14.6 Å². The highest BCUT2D eigenvalue weighted by atomic mass is 16.5. The first-order valence-corrected chi connectivity index (χ1v) is 6.39. The van der Waals surface area contributed by atoms with Crippen molar-refractivity contribution in [1.82, 2.24) is 9.55 Å². The molecule has 0 amide bonds. The Kier molecular flexibility index (Phi) is 3.99. The van der Waals surface area contributed by atoms with Gasteiger partial charge in [0.2, 0.25) is 0 Å². The highest BCUT2D eigenvalue weighted by molar-refractivity contribution is 5.70. The Morgan fingerprint density at radius 3 is 2.63 bits per heavy atom. The van der Waals surface area contributed by atoms with Gasteiger partial charge in [0.1, 0.15) is 0 Å². The van der Waals surface area contributed by atoms with Gasteiger partial charge in [0.15, 0.2) is 0 Å². The van der Waals surface area contributed by atoms with Crippen LogP contribution in [0.1, 0.15) is 35.8 Å². The van der Waals surface area contributed by atoms with E-state index in [1.54, 1.807) is 18.4 Å². The second-order valence-electron chi connectivity index (χ2n) is 4.83. The summed E-state index contributed by atoms with van der Waals surface area (Å²) in [6.45, 7) is 4.72. The van der Waals surface area contributed by atoms with E-state index in [4.69, 9.17) is 9.84 Å². The van der Waals surface area contributed by atoms with Crippen LogP contribution in [0.5, 0.6) is 0 Å². The lowest BCUT2D eigenvalue weighted by Crippen LogP contribution is -2.34. The zero-order valence-electron chi connectivity index (χ0n) is 11.2. The molecule has 6 nitrogen and oxygen atoms in total. The van der Waals surface area contributed by atoms with Crippen LogP contribution >= 0.6 is 0 Å². The van der Waals surface area contributed by atoms with E-state index in [2.05, 4.69) is 4.98 Å². The van der Waals surface area contributed by atoms with Crippen molar-refractivity contribution in [3.8, 4) is 0 Å². The lowest BCUT2D eigenvalue weighted by Gasteiger charge is -2.26. The van der Waals surface area contributed by atoms with Gasteiger partial charge < -0.3 is 9.84 Å². The quantitative estimate of drug-likeness (QED) is 0.876. The summed E-state index contributed by atoms with van der Waals surface area (Å²) in [6.07, 6.45) is 1.42. The summed E-state index contributed by atoms with van der Waals surface area (Å²) < 4.78 is 6.92. The van der Waals surface area contributed by atoms with Gasteiger partial charge in [-0.15, -0.1) is 0 Å². The maximum Gasteiger partial charge on any atom is 0.348 e. The molecule has 1 aliphatic rings. The van der Waals surface area contributed by atoms with Crippen molar-refractivity contribution in [3.05, 3.63) is 27.4 Å². The largest absolute Gasteiger partial charge is 0.481 e. The average molecular weight is 266 g/mol. The third-order valence-corrected chi connectivity index (χ3v) is 3.59. The van der Waals surface area contributed by atoms with E-state index in [1.165, 1.54) is 0 Å². The number of carboxylic acid groups (broad SMARTS) is 1. The van der Waals surface area contributed by atoms with Gasteiger partial charge >= 0.3 is 11.7 Å². The van der Waals surface area contributed by atoms with Gasteiger partial charge in [0, 0.05) is 36.2 Å². The van der Waals surface area contributed by atoms with E-state index in [-0.39, 0.29) is 18.2 Å². The van der Waals surface area contributed by atoms with E-state index in [9.17, 15) is 9.59 Å². The molecule has 1 aromatic rings. The van der Waals surface area contributed by atoms with Gasteiger partial charge in [0.25, 0.3) is 0 Å². The fourth-order valence-corrected chi connectivity index (χ4v) is 2.60. The van der Waals surface area contributed by atoms with Crippen LogP contribution in [-0.4, -0.2) is 33.8 Å². The molecule has 2 rings (SSSR count). The summed E-state index contributed by atoms with van der Waals surface area (Å²) in [4.78, 5) is 26.9. The first-order chi connectivity index (χ1) is 9.00. The van der Waals surface area contributed by atoms with Crippen molar-refractivity contribution in [2.45, 2.75) is 39.2 Å². The SMILES string of the molecule is Cc1nc(=O)n(C2CCOCC2)c(C)c1CC(=O)O. The predicted molar refractivity (Wildman–Crippen MR) is 68.4 cm³/mol. The molecule has 1 N–H and O–H groups in total. The summed E-state index contributed by atoms with van der Waals surface area (Å²) in [5.74, 6) is -0.912. The molecule has 0 atom stereocenters. The molecule has 1 saturated heterocycles.